The normalized spacial score (nSPS) is 23.7. The molecule has 1 aliphatic heterocycles. The van der Waals surface area contributed by atoms with Crippen LogP contribution in [0.2, 0.25) is 0 Å². The van der Waals surface area contributed by atoms with E-state index < -0.39 is 18.1 Å². The minimum absolute atomic E-state index is 0.292. The Bertz CT molecular complexity index is 970. The maximum Gasteiger partial charge on any atom is 0.329 e. The molecule has 0 unspecified atom stereocenters. The van der Waals surface area contributed by atoms with E-state index in [2.05, 4.69) is 4.98 Å². The van der Waals surface area contributed by atoms with Crippen molar-refractivity contribution < 1.29 is 23.9 Å². The number of rotatable bonds is 5. The van der Waals surface area contributed by atoms with Crippen molar-refractivity contribution >= 4 is 34.5 Å². The Labute approximate surface area is 168 Å². The molecule has 29 heavy (non-hydrogen) atoms. The van der Waals surface area contributed by atoms with Gasteiger partial charge in [-0.05, 0) is 32.8 Å². The zero-order valence-electron chi connectivity index (χ0n) is 16.5. The number of carbonyl (C=O) groups excluding carboxylic acids is 4. The van der Waals surface area contributed by atoms with Crippen LogP contribution >= 0.6 is 0 Å². The lowest BCUT2D eigenvalue weighted by atomic mass is 9.81. The number of nitrogens with one attached hydrogen (secondary N) is 1. The highest BCUT2D eigenvalue weighted by atomic mass is 16.5. The van der Waals surface area contributed by atoms with E-state index in [1.807, 2.05) is 24.3 Å². The molecular weight excluding hydrogens is 372 g/mol. The molecule has 1 saturated carbocycles. The van der Waals surface area contributed by atoms with E-state index in [1.165, 1.54) is 13.8 Å². The van der Waals surface area contributed by atoms with Crippen LogP contribution in [0.15, 0.2) is 30.5 Å². The molecule has 2 fully saturated rings. The number of H-pyrrole nitrogens is 1. The van der Waals surface area contributed by atoms with E-state index in [1.54, 1.807) is 6.20 Å². The van der Waals surface area contributed by atoms with Crippen LogP contribution in [0.4, 0.5) is 0 Å². The maximum atomic E-state index is 12.8. The zero-order valence-corrected chi connectivity index (χ0v) is 16.5. The number of aromatic amines is 1. The van der Waals surface area contributed by atoms with Crippen molar-refractivity contribution in [2.24, 2.45) is 11.8 Å². The number of likely N-dealkylation sites (tertiary alicyclic amines) is 1. The van der Waals surface area contributed by atoms with E-state index in [9.17, 15) is 19.2 Å². The number of nitrogens with zero attached hydrogens (tertiary/aromatic N) is 1. The summed E-state index contributed by atoms with van der Waals surface area (Å²) in [7, 11) is 0. The topological polar surface area (TPSA) is 96.5 Å². The summed E-state index contributed by atoms with van der Waals surface area (Å²) in [5.41, 5.74) is 1.26. The highest BCUT2D eigenvalue weighted by molar-refractivity contribution is 6.11. The molecule has 7 nitrogen and oxygen atoms in total. The molecule has 0 radical (unpaired) electrons. The number of imide groups is 1. The van der Waals surface area contributed by atoms with Gasteiger partial charge in [0.2, 0.25) is 17.6 Å². The smallest absolute Gasteiger partial charge is 0.329 e. The Morgan fingerprint density at radius 3 is 2.34 bits per heavy atom. The third kappa shape index (κ3) is 3.24. The number of amides is 2. The lowest BCUT2D eigenvalue weighted by Crippen LogP contribution is -2.45. The first-order valence-electron chi connectivity index (χ1n) is 10.1. The number of hydrogen-bond acceptors (Lipinski definition) is 5. The second kappa shape index (κ2) is 7.46. The fourth-order valence-electron chi connectivity index (χ4n) is 4.50. The van der Waals surface area contributed by atoms with Gasteiger partial charge in [0.15, 0.2) is 6.10 Å². The Hall–Kier alpha value is -2.96. The van der Waals surface area contributed by atoms with Crippen LogP contribution in [-0.2, 0) is 19.1 Å². The van der Waals surface area contributed by atoms with E-state index in [-0.39, 0.29) is 29.4 Å². The highest BCUT2D eigenvalue weighted by Crippen LogP contribution is 2.39. The standard InChI is InChI=1S/C22H24N2O5/c1-12(24-20(26)15-8-3-4-9-16(15)21(24)27)22(28)29-13(2)19(25)17-11-23-18-10-6-5-7-14(17)18/h5-7,10-13,15-16,23H,3-4,8-9H2,1-2H3/t12-,13-,15-,16+/m0/s1. The number of aromatic nitrogens is 1. The van der Waals surface area contributed by atoms with E-state index >= 15 is 0 Å². The van der Waals surface area contributed by atoms with Gasteiger partial charge in [-0.3, -0.25) is 19.3 Å². The van der Waals surface area contributed by atoms with Crippen LogP contribution in [0.5, 0.6) is 0 Å². The number of esters is 1. The van der Waals surface area contributed by atoms with Crippen LogP contribution in [0, 0.1) is 11.8 Å². The molecule has 1 aliphatic carbocycles. The predicted octanol–water partition coefficient (Wildman–Crippen LogP) is 2.85. The monoisotopic (exact) mass is 396 g/mol. The molecule has 0 spiro atoms. The Morgan fingerprint density at radius 2 is 1.69 bits per heavy atom. The molecule has 1 aromatic heterocycles. The van der Waals surface area contributed by atoms with Crippen LogP contribution in [0.1, 0.15) is 49.9 Å². The maximum absolute atomic E-state index is 12.8. The van der Waals surface area contributed by atoms with Crippen molar-refractivity contribution in [2.75, 3.05) is 0 Å². The molecule has 2 aromatic rings. The molecule has 1 saturated heterocycles. The second-order valence-electron chi connectivity index (χ2n) is 7.91. The predicted molar refractivity (Wildman–Crippen MR) is 105 cm³/mol. The summed E-state index contributed by atoms with van der Waals surface area (Å²) in [6.07, 6.45) is 3.77. The first-order chi connectivity index (χ1) is 13.9. The summed E-state index contributed by atoms with van der Waals surface area (Å²) in [6.45, 7) is 2.99. The van der Waals surface area contributed by atoms with Gasteiger partial charge in [-0.1, -0.05) is 31.0 Å². The summed E-state index contributed by atoms with van der Waals surface area (Å²) < 4.78 is 5.36. The Morgan fingerprint density at radius 1 is 1.07 bits per heavy atom. The summed E-state index contributed by atoms with van der Waals surface area (Å²) >= 11 is 0. The molecule has 2 heterocycles. The first-order valence-corrected chi connectivity index (χ1v) is 10.1. The average molecular weight is 396 g/mol. The minimum atomic E-state index is -1.04. The van der Waals surface area contributed by atoms with Gasteiger partial charge in [-0.25, -0.2) is 4.79 Å². The Balaban J connectivity index is 1.46. The third-order valence-corrected chi connectivity index (χ3v) is 6.12. The number of carbonyl (C=O) groups is 4. The Kier molecular flexibility index (Phi) is 4.98. The molecule has 1 N–H and O–H groups in total. The van der Waals surface area contributed by atoms with Gasteiger partial charge in [0.1, 0.15) is 6.04 Å². The lowest BCUT2D eigenvalue weighted by molar-refractivity contribution is -0.159. The number of ether oxygens (including phenoxy) is 1. The summed E-state index contributed by atoms with van der Waals surface area (Å²) in [6, 6.07) is 6.32. The number of fused-ring (bicyclic) bond motifs is 2. The quantitative estimate of drug-likeness (QED) is 0.476. The van der Waals surface area contributed by atoms with Crippen molar-refractivity contribution in [1.29, 1.82) is 0 Å². The number of para-hydroxylation sites is 1. The zero-order chi connectivity index (χ0) is 20.7. The van der Waals surface area contributed by atoms with E-state index in [4.69, 9.17) is 4.74 Å². The van der Waals surface area contributed by atoms with Gasteiger partial charge in [0.05, 0.1) is 11.8 Å². The molecule has 2 aliphatic rings. The highest BCUT2D eigenvalue weighted by Gasteiger charge is 2.51. The molecular formula is C22H24N2O5. The van der Waals surface area contributed by atoms with Gasteiger partial charge < -0.3 is 9.72 Å². The third-order valence-electron chi connectivity index (χ3n) is 6.12. The van der Waals surface area contributed by atoms with Crippen molar-refractivity contribution in [1.82, 2.24) is 9.88 Å². The van der Waals surface area contributed by atoms with Crippen LogP contribution in [0.25, 0.3) is 10.9 Å². The SMILES string of the molecule is C[C@H](OC(=O)[C@H](C)N1C(=O)[C@H]2CCCC[C@H]2C1=O)C(=O)c1c[nH]c2ccccc12. The average Bonchev–Trinajstić information content (AvgIpc) is 3.26. The van der Waals surface area contributed by atoms with Crippen LogP contribution < -0.4 is 0 Å². The number of hydrogen-bond donors (Lipinski definition) is 1. The largest absolute Gasteiger partial charge is 0.453 e. The fraction of sp³-hybridized carbons (Fsp3) is 0.455. The summed E-state index contributed by atoms with van der Waals surface area (Å²) in [5.74, 6) is -2.31. The van der Waals surface area contributed by atoms with Gasteiger partial charge >= 0.3 is 5.97 Å². The fourth-order valence-corrected chi connectivity index (χ4v) is 4.50. The van der Waals surface area contributed by atoms with E-state index in [0.29, 0.717) is 18.4 Å². The van der Waals surface area contributed by atoms with Crippen molar-refractivity contribution in [3.63, 3.8) is 0 Å². The second-order valence-corrected chi connectivity index (χ2v) is 7.91. The number of Topliss-reactive ketones (excluding diaryl/α,β-unsaturated/α-hetero) is 1. The van der Waals surface area contributed by atoms with Crippen molar-refractivity contribution in [3.8, 4) is 0 Å². The number of ketones is 1. The minimum Gasteiger partial charge on any atom is -0.453 e. The molecule has 152 valence electrons. The van der Waals surface area contributed by atoms with E-state index in [0.717, 1.165) is 28.6 Å². The molecule has 2 amide bonds. The molecule has 1 aromatic carbocycles. The molecule has 4 rings (SSSR count). The van der Waals surface area contributed by atoms with Crippen molar-refractivity contribution in [3.05, 3.63) is 36.0 Å². The molecule has 4 atom stereocenters. The van der Waals surface area contributed by atoms with Crippen LogP contribution in [0.3, 0.4) is 0 Å². The summed E-state index contributed by atoms with van der Waals surface area (Å²) in [5, 5.41) is 0.752. The molecule has 0 bridgehead atoms. The summed E-state index contributed by atoms with van der Waals surface area (Å²) in [4.78, 5) is 54.9. The van der Waals surface area contributed by atoms with Crippen LogP contribution in [-0.4, -0.2) is 45.6 Å². The lowest BCUT2D eigenvalue weighted by Gasteiger charge is -2.23. The van der Waals surface area contributed by atoms with Gasteiger partial charge in [-0.2, -0.15) is 0 Å². The first kappa shape index (κ1) is 19.4. The van der Waals surface area contributed by atoms with Gasteiger partial charge in [0.25, 0.3) is 0 Å². The van der Waals surface area contributed by atoms with Gasteiger partial charge in [-0.15, -0.1) is 0 Å². The van der Waals surface area contributed by atoms with Crippen molar-refractivity contribution in [2.45, 2.75) is 51.7 Å². The molecule has 7 heteroatoms. The number of benzene rings is 1. The van der Waals surface area contributed by atoms with Gasteiger partial charge in [0, 0.05) is 22.7 Å².